The Labute approximate surface area is 113 Å². The second-order valence-corrected chi connectivity index (χ2v) is 4.18. The normalized spacial score (nSPS) is 11.7. The van der Waals surface area contributed by atoms with Crippen molar-refractivity contribution in [1.82, 2.24) is 0 Å². The molecule has 0 bridgehead atoms. The molecule has 0 fully saturated rings. The van der Waals surface area contributed by atoms with Crippen LogP contribution >= 0.6 is 0 Å². The van der Waals surface area contributed by atoms with Crippen LogP contribution < -0.4 is 4.74 Å². The largest absolute Gasteiger partial charge is 0.497 e. The molecule has 0 saturated heterocycles. The Morgan fingerprint density at radius 1 is 1.26 bits per heavy atom. The highest BCUT2D eigenvalue weighted by atomic mass is 16.5. The van der Waals surface area contributed by atoms with Gasteiger partial charge in [-0.1, -0.05) is 19.1 Å². The Balaban J connectivity index is 2.99. The third kappa shape index (κ3) is 4.39. The molecule has 0 saturated carbocycles. The minimum atomic E-state index is -0.553. The number of esters is 1. The highest BCUT2D eigenvalue weighted by molar-refractivity contribution is 5.87. The molecule has 1 unspecified atom stereocenters. The Hall–Kier alpha value is -1.84. The number of Topliss-reactive ketones (excluding diaryl/α,β-unsaturated/α-hetero) is 1. The maximum Gasteiger partial charge on any atom is 0.313 e. The van der Waals surface area contributed by atoms with Crippen LogP contribution in [-0.2, 0) is 14.3 Å². The number of benzene rings is 1. The Bertz CT molecular complexity index is 440. The van der Waals surface area contributed by atoms with E-state index in [9.17, 15) is 9.59 Å². The van der Waals surface area contributed by atoms with Gasteiger partial charge >= 0.3 is 5.97 Å². The van der Waals surface area contributed by atoms with E-state index in [4.69, 9.17) is 9.47 Å². The summed E-state index contributed by atoms with van der Waals surface area (Å²) in [6.07, 6.45) is 0.586. The van der Waals surface area contributed by atoms with Crippen molar-refractivity contribution in [2.24, 2.45) is 0 Å². The zero-order valence-electron chi connectivity index (χ0n) is 11.6. The molecule has 0 aromatic heterocycles. The van der Waals surface area contributed by atoms with E-state index in [1.54, 1.807) is 39.2 Å². The van der Waals surface area contributed by atoms with Crippen molar-refractivity contribution in [2.45, 2.75) is 32.6 Å². The second kappa shape index (κ2) is 7.56. The van der Waals surface area contributed by atoms with Crippen LogP contribution in [0.4, 0.5) is 0 Å². The standard InChI is InChI=1S/C15H20O4/c1-4-12(16)10-14(15(17)19-5-2)11-7-6-8-13(9-11)18-3/h6-9,14H,4-5,10H2,1-3H3. The monoisotopic (exact) mass is 264 g/mol. The van der Waals surface area contributed by atoms with Gasteiger partial charge in [-0.25, -0.2) is 0 Å². The summed E-state index contributed by atoms with van der Waals surface area (Å²) in [5, 5.41) is 0. The van der Waals surface area contributed by atoms with Crippen molar-refractivity contribution >= 4 is 11.8 Å². The molecule has 19 heavy (non-hydrogen) atoms. The van der Waals surface area contributed by atoms with Crippen molar-refractivity contribution in [1.29, 1.82) is 0 Å². The predicted molar refractivity (Wildman–Crippen MR) is 72.3 cm³/mol. The Morgan fingerprint density at radius 3 is 2.58 bits per heavy atom. The molecule has 0 heterocycles. The molecule has 0 aliphatic heterocycles. The third-order valence-electron chi connectivity index (χ3n) is 2.89. The van der Waals surface area contributed by atoms with Gasteiger partial charge in [-0.2, -0.15) is 0 Å². The van der Waals surface area contributed by atoms with Gasteiger partial charge in [-0.3, -0.25) is 9.59 Å². The van der Waals surface area contributed by atoms with E-state index >= 15 is 0 Å². The highest BCUT2D eigenvalue weighted by Gasteiger charge is 2.24. The lowest BCUT2D eigenvalue weighted by Crippen LogP contribution is -2.19. The van der Waals surface area contributed by atoms with Crippen molar-refractivity contribution in [3.8, 4) is 5.75 Å². The number of carbonyl (C=O) groups is 2. The maximum absolute atomic E-state index is 12.0. The molecule has 1 atom stereocenters. The first-order valence-electron chi connectivity index (χ1n) is 6.44. The van der Waals surface area contributed by atoms with Crippen LogP contribution in [-0.4, -0.2) is 25.5 Å². The molecule has 104 valence electrons. The number of methoxy groups -OCH3 is 1. The van der Waals surface area contributed by atoms with Crippen LogP contribution in [0.25, 0.3) is 0 Å². The lowest BCUT2D eigenvalue weighted by molar-refractivity contribution is -0.146. The van der Waals surface area contributed by atoms with Gasteiger partial charge in [0.1, 0.15) is 11.5 Å². The average molecular weight is 264 g/mol. The minimum absolute atomic E-state index is 0.0425. The van der Waals surface area contributed by atoms with E-state index in [-0.39, 0.29) is 18.2 Å². The molecule has 4 nitrogen and oxygen atoms in total. The summed E-state index contributed by atoms with van der Waals surface area (Å²) in [5.41, 5.74) is 0.750. The Kier molecular flexibility index (Phi) is 6.06. The molecule has 0 N–H and O–H groups in total. The SMILES string of the molecule is CCOC(=O)C(CC(=O)CC)c1cccc(OC)c1. The molecule has 1 aromatic rings. The van der Waals surface area contributed by atoms with Crippen LogP contribution in [0, 0.1) is 0 Å². The molecular formula is C15H20O4. The topological polar surface area (TPSA) is 52.6 Å². The molecule has 0 radical (unpaired) electrons. The fourth-order valence-electron chi connectivity index (χ4n) is 1.81. The lowest BCUT2D eigenvalue weighted by Gasteiger charge is -2.15. The molecule has 0 aliphatic carbocycles. The summed E-state index contributed by atoms with van der Waals surface area (Å²) in [4.78, 5) is 23.6. The van der Waals surface area contributed by atoms with Crippen molar-refractivity contribution in [2.75, 3.05) is 13.7 Å². The number of hydrogen-bond acceptors (Lipinski definition) is 4. The van der Waals surface area contributed by atoms with Gasteiger partial charge in [0.2, 0.25) is 0 Å². The van der Waals surface area contributed by atoms with Crippen LogP contribution in [0.3, 0.4) is 0 Å². The summed E-state index contributed by atoms with van der Waals surface area (Å²) in [6, 6.07) is 7.18. The quantitative estimate of drug-likeness (QED) is 0.710. The molecule has 0 amide bonds. The number of carbonyl (C=O) groups excluding carboxylic acids is 2. The van der Waals surface area contributed by atoms with E-state index in [0.717, 1.165) is 5.56 Å². The van der Waals surface area contributed by atoms with Crippen molar-refractivity contribution < 1.29 is 19.1 Å². The minimum Gasteiger partial charge on any atom is -0.497 e. The zero-order chi connectivity index (χ0) is 14.3. The molecule has 0 aliphatic rings. The molecule has 4 heteroatoms. The van der Waals surface area contributed by atoms with E-state index in [2.05, 4.69) is 0 Å². The van der Waals surface area contributed by atoms with Crippen LogP contribution in [0.1, 0.15) is 38.2 Å². The van der Waals surface area contributed by atoms with Crippen LogP contribution in [0.5, 0.6) is 5.75 Å². The van der Waals surface area contributed by atoms with E-state index in [1.807, 2.05) is 6.07 Å². The summed E-state index contributed by atoms with van der Waals surface area (Å²) >= 11 is 0. The van der Waals surface area contributed by atoms with Gasteiger partial charge in [0.25, 0.3) is 0 Å². The molecule has 1 aromatic carbocycles. The highest BCUT2D eigenvalue weighted by Crippen LogP contribution is 2.25. The van der Waals surface area contributed by atoms with Gasteiger partial charge in [-0.15, -0.1) is 0 Å². The van der Waals surface area contributed by atoms with Gasteiger partial charge < -0.3 is 9.47 Å². The lowest BCUT2D eigenvalue weighted by atomic mass is 9.93. The maximum atomic E-state index is 12.0. The first kappa shape index (κ1) is 15.2. The fourth-order valence-corrected chi connectivity index (χ4v) is 1.81. The van der Waals surface area contributed by atoms with E-state index in [1.165, 1.54) is 0 Å². The van der Waals surface area contributed by atoms with Crippen molar-refractivity contribution in [3.05, 3.63) is 29.8 Å². The summed E-state index contributed by atoms with van der Waals surface area (Å²) in [5.74, 6) is -0.211. The number of hydrogen-bond donors (Lipinski definition) is 0. The van der Waals surface area contributed by atoms with E-state index in [0.29, 0.717) is 18.8 Å². The molecule has 1 rings (SSSR count). The van der Waals surface area contributed by atoms with Crippen LogP contribution in [0.2, 0.25) is 0 Å². The number of ether oxygens (including phenoxy) is 2. The zero-order valence-corrected chi connectivity index (χ0v) is 11.6. The number of rotatable bonds is 7. The van der Waals surface area contributed by atoms with Gasteiger partial charge in [0.15, 0.2) is 0 Å². The first-order valence-corrected chi connectivity index (χ1v) is 6.44. The Morgan fingerprint density at radius 2 is 2.00 bits per heavy atom. The van der Waals surface area contributed by atoms with Crippen LogP contribution in [0.15, 0.2) is 24.3 Å². The predicted octanol–water partition coefficient (Wildman–Crippen LogP) is 2.71. The van der Waals surface area contributed by atoms with Gasteiger partial charge in [-0.05, 0) is 24.6 Å². The smallest absolute Gasteiger partial charge is 0.313 e. The average Bonchev–Trinajstić information content (AvgIpc) is 2.44. The van der Waals surface area contributed by atoms with Gasteiger partial charge in [0.05, 0.1) is 19.6 Å². The summed E-state index contributed by atoms with van der Waals surface area (Å²) in [6.45, 7) is 3.85. The summed E-state index contributed by atoms with van der Waals surface area (Å²) in [7, 11) is 1.57. The summed E-state index contributed by atoms with van der Waals surface area (Å²) < 4.78 is 10.2. The third-order valence-corrected chi connectivity index (χ3v) is 2.89. The number of ketones is 1. The fraction of sp³-hybridized carbons (Fsp3) is 0.467. The molecule has 0 spiro atoms. The molecular weight excluding hydrogens is 244 g/mol. The first-order chi connectivity index (χ1) is 9.12. The second-order valence-electron chi connectivity index (χ2n) is 4.18. The van der Waals surface area contributed by atoms with E-state index < -0.39 is 5.92 Å². The van der Waals surface area contributed by atoms with Gasteiger partial charge in [0, 0.05) is 12.8 Å². The van der Waals surface area contributed by atoms with Crippen molar-refractivity contribution in [3.63, 3.8) is 0 Å².